The van der Waals surface area contributed by atoms with Gasteiger partial charge in [0.1, 0.15) is 5.75 Å². The topological polar surface area (TPSA) is 32.8 Å². The minimum absolute atomic E-state index is 0.370. The lowest BCUT2D eigenvalue weighted by Crippen LogP contribution is -2.25. The molecule has 4 nitrogen and oxygen atoms in total. The Kier molecular flexibility index (Phi) is 3.55. The molecule has 0 fully saturated rings. The average molecular weight is 208 g/mol. The zero-order valence-corrected chi connectivity index (χ0v) is 9.52. The van der Waals surface area contributed by atoms with Crippen molar-refractivity contribution in [1.82, 2.24) is 4.90 Å². The first kappa shape index (κ1) is 11.4. The fraction of sp³-hybridized carbons (Fsp3) is 0.364. The molecule has 15 heavy (non-hydrogen) atoms. The van der Waals surface area contributed by atoms with Crippen LogP contribution >= 0.6 is 0 Å². The van der Waals surface area contributed by atoms with Crippen molar-refractivity contribution in [3.8, 4) is 5.75 Å². The minimum Gasteiger partial charge on any atom is -0.410 e. The van der Waals surface area contributed by atoms with Gasteiger partial charge in [-0.05, 0) is 12.1 Å². The number of carbonyl (C=O) groups excluding carboxylic acids is 1. The number of anilines is 1. The number of benzene rings is 1. The second kappa shape index (κ2) is 4.68. The molecule has 1 amide bonds. The van der Waals surface area contributed by atoms with E-state index < -0.39 is 0 Å². The molecule has 0 aromatic heterocycles. The van der Waals surface area contributed by atoms with Crippen LogP contribution in [0.25, 0.3) is 0 Å². The van der Waals surface area contributed by atoms with Gasteiger partial charge in [-0.15, -0.1) is 0 Å². The molecule has 82 valence electrons. The summed E-state index contributed by atoms with van der Waals surface area (Å²) < 4.78 is 5.13. The fourth-order valence-corrected chi connectivity index (χ4v) is 1.02. The molecule has 0 spiro atoms. The van der Waals surface area contributed by atoms with Crippen LogP contribution < -0.4 is 9.64 Å². The summed E-state index contributed by atoms with van der Waals surface area (Å²) in [4.78, 5) is 14.6. The summed E-state index contributed by atoms with van der Waals surface area (Å²) in [6, 6.07) is 7.39. The van der Waals surface area contributed by atoms with E-state index in [1.807, 2.05) is 37.2 Å². The molecule has 1 aromatic rings. The molecule has 0 bridgehead atoms. The highest BCUT2D eigenvalue weighted by atomic mass is 16.6. The molecular formula is C11H16N2O2. The maximum absolute atomic E-state index is 11.3. The highest BCUT2D eigenvalue weighted by Crippen LogP contribution is 2.19. The van der Waals surface area contributed by atoms with Crippen LogP contribution in [-0.2, 0) is 0 Å². The number of carbonyl (C=O) groups is 1. The van der Waals surface area contributed by atoms with Gasteiger partial charge in [-0.3, -0.25) is 0 Å². The Morgan fingerprint density at radius 3 is 2.40 bits per heavy atom. The molecule has 0 saturated heterocycles. The molecule has 1 aromatic carbocycles. The number of hydrogen-bond acceptors (Lipinski definition) is 3. The minimum atomic E-state index is -0.370. The Bertz CT molecular complexity index is 348. The SMILES string of the molecule is CN(C)C(=O)Oc1cccc(N(C)C)c1. The lowest BCUT2D eigenvalue weighted by molar-refractivity contribution is 0.172. The van der Waals surface area contributed by atoms with E-state index in [-0.39, 0.29) is 6.09 Å². The van der Waals surface area contributed by atoms with Crippen molar-refractivity contribution in [1.29, 1.82) is 0 Å². The molecule has 0 aliphatic rings. The maximum Gasteiger partial charge on any atom is 0.414 e. The third-order valence-electron chi connectivity index (χ3n) is 1.90. The third kappa shape index (κ3) is 3.16. The van der Waals surface area contributed by atoms with Crippen LogP contribution in [0.1, 0.15) is 0 Å². The first-order valence-electron chi connectivity index (χ1n) is 4.67. The number of hydrogen-bond donors (Lipinski definition) is 0. The Labute approximate surface area is 90.1 Å². The number of rotatable bonds is 2. The van der Waals surface area contributed by atoms with E-state index in [4.69, 9.17) is 4.74 Å². The summed E-state index contributed by atoms with van der Waals surface area (Å²) in [6.45, 7) is 0. The predicted molar refractivity (Wildman–Crippen MR) is 60.5 cm³/mol. The normalized spacial score (nSPS) is 9.60. The summed E-state index contributed by atoms with van der Waals surface area (Å²) in [7, 11) is 7.18. The van der Waals surface area contributed by atoms with Crippen molar-refractivity contribution in [3.05, 3.63) is 24.3 Å². The van der Waals surface area contributed by atoms with E-state index in [1.165, 1.54) is 4.90 Å². The van der Waals surface area contributed by atoms with Crippen molar-refractivity contribution in [2.24, 2.45) is 0 Å². The number of ether oxygens (including phenoxy) is 1. The van der Waals surface area contributed by atoms with Gasteiger partial charge in [0.25, 0.3) is 0 Å². The monoisotopic (exact) mass is 208 g/mol. The lowest BCUT2D eigenvalue weighted by atomic mass is 10.3. The summed E-state index contributed by atoms with van der Waals surface area (Å²) in [5.74, 6) is 0.555. The van der Waals surface area contributed by atoms with Crippen molar-refractivity contribution in [2.45, 2.75) is 0 Å². The van der Waals surface area contributed by atoms with Gasteiger partial charge < -0.3 is 14.5 Å². The lowest BCUT2D eigenvalue weighted by Gasteiger charge is -2.14. The molecular weight excluding hydrogens is 192 g/mol. The van der Waals surface area contributed by atoms with E-state index in [2.05, 4.69) is 0 Å². The van der Waals surface area contributed by atoms with Gasteiger partial charge in [0.2, 0.25) is 0 Å². The predicted octanol–water partition coefficient (Wildman–Crippen LogP) is 1.81. The van der Waals surface area contributed by atoms with Crippen LogP contribution in [0.4, 0.5) is 10.5 Å². The van der Waals surface area contributed by atoms with Crippen LogP contribution in [0.5, 0.6) is 5.75 Å². The van der Waals surface area contributed by atoms with Crippen molar-refractivity contribution < 1.29 is 9.53 Å². The van der Waals surface area contributed by atoms with E-state index in [1.54, 1.807) is 20.2 Å². The molecule has 0 aliphatic carbocycles. The highest BCUT2D eigenvalue weighted by molar-refractivity contribution is 5.70. The molecule has 0 radical (unpaired) electrons. The van der Waals surface area contributed by atoms with E-state index in [9.17, 15) is 4.79 Å². The van der Waals surface area contributed by atoms with Crippen LogP contribution in [0.15, 0.2) is 24.3 Å². The Morgan fingerprint density at radius 1 is 1.20 bits per heavy atom. The van der Waals surface area contributed by atoms with Crippen molar-refractivity contribution >= 4 is 11.8 Å². The summed E-state index contributed by atoms with van der Waals surface area (Å²) >= 11 is 0. The zero-order chi connectivity index (χ0) is 11.4. The van der Waals surface area contributed by atoms with Gasteiger partial charge in [-0.2, -0.15) is 0 Å². The molecule has 0 unspecified atom stereocenters. The van der Waals surface area contributed by atoms with Gasteiger partial charge in [0.15, 0.2) is 0 Å². The molecule has 0 aliphatic heterocycles. The standard InChI is InChI=1S/C11H16N2O2/c1-12(2)9-6-5-7-10(8-9)15-11(14)13(3)4/h5-8H,1-4H3. The Morgan fingerprint density at radius 2 is 1.87 bits per heavy atom. The quantitative estimate of drug-likeness (QED) is 0.743. The first-order valence-corrected chi connectivity index (χ1v) is 4.67. The number of amides is 1. The molecule has 1 rings (SSSR count). The molecule has 0 atom stereocenters. The van der Waals surface area contributed by atoms with Crippen LogP contribution in [0.3, 0.4) is 0 Å². The maximum atomic E-state index is 11.3. The highest BCUT2D eigenvalue weighted by Gasteiger charge is 2.07. The van der Waals surface area contributed by atoms with Gasteiger partial charge >= 0.3 is 6.09 Å². The number of nitrogens with zero attached hydrogens (tertiary/aromatic N) is 2. The van der Waals surface area contributed by atoms with E-state index in [0.29, 0.717) is 5.75 Å². The van der Waals surface area contributed by atoms with E-state index in [0.717, 1.165) is 5.69 Å². The second-order valence-corrected chi connectivity index (χ2v) is 3.65. The largest absolute Gasteiger partial charge is 0.414 e. The first-order chi connectivity index (χ1) is 7.00. The van der Waals surface area contributed by atoms with Gasteiger partial charge in [-0.25, -0.2) is 4.79 Å². The van der Waals surface area contributed by atoms with Crippen LogP contribution in [0, 0.1) is 0 Å². The van der Waals surface area contributed by atoms with Crippen LogP contribution in [-0.4, -0.2) is 39.2 Å². The molecule has 0 saturated carbocycles. The van der Waals surface area contributed by atoms with Crippen LogP contribution in [0.2, 0.25) is 0 Å². The summed E-state index contributed by atoms with van der Waals surface area (Å²) in [5.41, 5.74) is 0.999. The third-order valence-corrected chi connectivity index (χ3v) is 1.90. The Hall–Kier alpha value is -1.71. The van der Waals surface area contributed by atoms with Crippen molar-refractivity contribution in [2.75, 3.05) is 33.1 Å². The van der Waals surface area contributed by atoms with Crippen molar-refractivity contribution in [3.63, 3.8) is 0 Å². The van der Waals surface area contributed by atoms with Gasteiger partial charge in [-0.1, -0.05) is 6.07 Å². The summed E-state index contributed by atoms with van der Waals surface area (Å²) in [6.07, 6.45) is -0.370. The van der Waals surface area contributed by atoms with E-state index >= 15 is 0 Å². The fourth-order valence-electron chi connectivity index (χ4n) is 1.02. The Balaban J connectivity index is 2.78. The van der Waals surface area contributed by atoms with Gasteiger partial charge in [0.05, 0.1) is 0 Å². The second-order valence-electron chi connectivity index (χ2n) is 3.65. The molecule has 0 N–H and O–H groups in total. The molecule has 4 heteroatoms. The summed E-state index contributed by atoms with van der Waals surface area (Å²) in [5, 5.41) is 0. The molecule has 0 heterocycles. The smallest absolute Gasteiger partial charge is 0.410 e. The van der Waals surface area contributed by atoms with Gasteiger partial charge in [0, 0.05) is 39.9 Å². The zero-order valence-electron chi connectivity index (χ0n) is 9.52. The average Bonchev–Trinajstić information content (AvgIpc) is 2.18.